The standard InChI is InChI=1S/C19H24FN3O2/c1-13-14(2)25-18(22-13)12-23-9-7-15(8-10-23)11-21-19(24)16-5-3-4-6-17(16)20/h3-6,15H,7-12H2,1-2H3,(H,21,24). The number of halogens is 1. The lowest BCUT2D eigenvalue weighted by molar-refractivity contribution is 0.0930. The number of aryl methyl sites for hydroxylation is 2. The van der Waals surface area contributed by atoms with Crippen LogP contribution in [0.3, 0.4) is 0 Å². The molecule has 1 aliphatic heterocycles. The summed E-state index contributed by atoms with van der Waals surface area (Å²) in [7, 11) is 0. The lowest BCUT2D eigenvalue weighted by Crippen LogP contribution is -2.38. The van der Waals surface area contributed by atoms with Crippen LogP contribution in [0.15, 0.2) is 28.7 Å². The number of hydrogen-bond acceptors (Lipinski definition) is 4. The summed E-state index contributed by atoms with van der Waals surface area (Å²) in [5.74, 6) is 1.24. The summed E-state index contributed by atoms with van der Waals surface area (Å²) in [6, 6.07) is 6.06. The van der Waals surface area contributed by atoms with Gasteiger partial charge in [0.05, 0.1) is 17.8 Å². The molecule has 2 heterocycles. The molecule has 5 nitrogen and oxygen atoms in total. The van der Waals surface area contributed by atoms with Gasteiger partial charge in [-0.15, -0.1) is 0 Å². The first-order chi connectivity index (χ1) is 12.0. The average Bonchev–Trinajstić information content (AvgIpc) is 2.92. The summed E-state index contributed by atoms with van der Waals surface area (Å²) in [5.41, 5.74) is 1.05. The third kappa shape index (κ3) is 4.45. The van der Waals surface area contributed by atoms with Gasteiger partial charge >= 0.3 is 0 Å². The topological polar surface area (TPSA) is 58.4 Å². The van der Waals surface area contributed by atoms with Crippen molar-refractivity contribution in [3.8, 4) is 0 Å². The number of piperidine rings is 1. The van der Waals surface area contributed by atoms with E-state index in [1.165, 1.54) is 12.1 Å². The van der Waals surface area contributed by atoms with Gasteiger partial charge in [-0.2, -0.15) is 0 Å². The van der Waals surface area contributed by atoms with E-state index in [4.69, 9.17) is 4.42 Å². The molecular weight excluding hydrogens is 321 g/mol. The smallest absolute Gasteiger partial charge is 0.254 e. The van der Waals surface area contributed by atoms with Crippen molar-refractivity contribution in [3.05, 3.63) is 53.0 Å². The number of carbonyl (C=O) groups excluding carboxylic acids is 1. The molecule has 1 aromatic carbocycles. The van der Waals surface area contributed by atoms with Crippen molar-refractivity contribution in [2.75, 3.05) is 19.6 Å². The highest BCUT2D eigenvalue weighted by atomic mass is 19.1. The number of benzene rings is 1. The second-order valence-electron chi connectivity index (χ2n) is 6.66. The van der Waals surface area contributed by atoms with Crippen molar-refractivity contribution in [3.63, 3.8) is 0 Å². The van der Waals surface area contributed by atoms with Crippen molar-refractivity contribution >= 4 is 5.91 Å². The number of hydrogen-bond donors (Lipinski definition) is 1. The highest BCUT2D eigenvalue weighted by Gasteiger charge is 2.22. The van der Waals surface area contributed by atoms with Gasteiger partial charge in [0.2, 0.25) is 5.89 Å². The molecule has 134 valence electrons. The fourth-order valence-corrected chi connectivity index (χ4v) is 3.12. The van der Waals surface area contributed by atoms with Crippen molar-refractivity contribution in [2.45, 2.75) is 33.2 Å². The second-order valence-corrected chi connectivity index (χ2v) is 6.66. The number of likely N-dealkylation sites (tertiary alicyclic amines) is 1. The van der Waals surface area contributed by atoms with E-state index in [1.807, 2.05) is 13.8 Å². The molecule has 0 atom stereocenters. The van der Waals surface area contributed by atoms with Crippen LogP contribution in [0.25, 0.3) is 0 Å². The van der Waals surface area contributed by atoms with E-state index >= 15 is 0 Å². The van der Waals surface area contributed by atoms with Crippen LogP contribution < -0.4 is 5.32 Å². The molecule has 0 saturated carbocycles. The number of nitrogens with zero attached hydrogens (tertiary/aromatic N) is 2. The van der Waals surface area contributed by atoms with Gasteiger partial charge in [0, 0.05) is 6.54 Å². The van der Waals surface area contributed by atoms with E-state index in [0.29, 0.717) is 12.5 Å². The van der Waals surface area contributed by atoms with Gasteiger partial charge in [0.25, 0.3) is 5.91 Å². The molecule has 0 spiro atoms. The normalized spacial score (nSPS) is 16.1. The maximum absolute atomic E-state index is 13.6. The van der Waals surface area contributed by atoms with Gasteiger partial charge in [-0.3, -0.25) is 9.69 Å². The molecule has 3 rings (SSSR count). The Morgan fingerprint density at radius 1 is 1.32 bits per heavy atom. The van der Waals surface area contributed by atoms with Gasteiger partial charge in [0.15, 0.2) is 0 Å². The number of carbonyl (C=O) groups is 1. The Kier molecular flexibility index (Phi) is 5.48. The minimum Gasteiger partial charge on any atom is -0.444 e. The molecule has 1 amide bonds. The minimum atomic E-state index is -0.480. The fourth-order valence-electron chi connectivity index (χ4n) is 3.12. The summed E-state index contributed by atoms with van der Waals surface area (Å²) in [4.78, 5) is 18.8. The quantitative estimate of drug-likeness (QED) is 0.905. The molecule has 1 aliphatic rings. The Balaban J connectivity index is 1.43. The first kappa shape index (κ1) is 17.6. The van der Waals surface area contributed by atoms with E-state index in [2.05, 4.69) is 15.2 Å². The summed E-state index contributed by atoms with van der Waals surface area (Å²) in [6.45, 7) is 7.08. The molecule has 0 radical (unpaired) electrons. The Morgan fingerprint density at radius 3 is 2.68 bits per heavy atom. The Morgan fingerprint density at radius 2 is 2.04 bits per heavy atom. The van der Waals surface area contributed by atoms with Crippen LogP contribution in [0, 0.1) is 25.6 Å². The summed E-state index contributed by atoms with van der Waals surface area (Å²) >= 11 is 0. The Bertz CT molecular complexity index is 717. The molecule has 0 bridgehead atoms. The Labute approximate surface area is 147 Å². The van der Waals surface area contributed by atoms with Gasteiger partial charge in [-0.05, 0) is 57.8 Å². The Hall–Kier alpha value is -2.21. The van der Waals surface area contributed by atoms with Crippen LogP contribution >= 0.6 is 0 Å². The van der Waals surface area contributed by atoms with Crippen molar-refractivity contribution in [1.82, 2.24) is 15.2 Å². The maximum Gasteiger partial charge on any atom is 0.254 e. The number of rotatable bonds is 5. The first-order valence-corrected chi connectivity index (χ1v) is 8.71. The highest BCUT2D eigenvalue weighted by molar-refractivity contribution is 5.94. The van der Waals surface area contributed by atoms with Crippen LogP contribution in [0.5, 0.6) is 0 Å². The number of oxazole rings is 1. The molecule has 1 saturated heterocycles. The van der Waals surface area contributed by atoms with Gasteiger partial charge in [-0.25, -0.2) is 9.37 Å². The molecular formula is C19H24FN3O2. The van der Waals surface area contributed by atoms with E-state index in [-0.39, 0.29) is 11.5 Å². The monoisotopic (exact) mass is 345 g/mol. The maximum atomic E-state index is 13.6. The molecule has 2 aromatic rings. The highest BCUT2D eigenvalue weighted by Crippen LogP contribution is 2.19. The summed E-state index contributed by atoms with van der Waals surface area (Å²) < 4.78 is 19.2. The zero-order valence-electron chi connectivity index (χ0n) is 14.7. The summed E-state index contributed by atoms with van der Waals surface area (Å²) in [5, 5.41) is 2.86. The van der Waals surface area contributed by atoms with E-state index < -0.39 is 5.82 Å². The van der Waals surface area contributed by atoms with Crippen LogP contribution in [-0.2, 0) is 6.54 Å². The molecule has 1 N–H and O–H groups in total. The molecule has 0 aliphatic carbocycles. The lowest BCUT2D eigenvalue weighted by Gasteiger charge is -2.31. The predicted octanol–water partition coefficient (Wildman–Crippen LogP) is 3.07. The van der Waals surface area contributed by atoms with Crippen LogP contribution in [0.2, 0.25) is 0 Å². The largest absolute Gasteiger partial charge is 0.444 e. The lowest BCUT2D eigenvalue weighted by atomic mass is 9.96. The van der Waals surface area contributed by atoms with Crippen molar-refractivity contribution < 1.29 is 13.6 Å². The van der Waals surface area contributed by atoms with E-state index in [9.17, 15) is 9.18 Å². The third-order valence-electron chi connectivity index (χ3n) is 4.81. The van der Waals surface area contributed by atoms with Crippen LogP contribution in [0.1, 0.15) is 40.5 Å². The second kappa shape index (κ2) is 7.78. The predicted molar refractivity (Wildman–Crippen MR) is 92.7 cm³/mol. The van der Waals surface area contributed by atoms with Gasteiger partial charge in [-0.1, -0.05) is 12.1 Å². The van der Waals surface area contributed by atoms with Crippen LogP contribution in [0.4, 0.5) is 4.39 Å². The molecule has 1 aromatic heterocycles. The van der Waals surface area contributed by atoms with Crippen molar-refractivity contribution in [2.24, 2.45) is 5.92 Å². The van der Waals surface area contributed by atoms with Crippen molar-refractivity contribution in [1.29, 1.82) is 0 Å². The minimum absolute atomic E-state index is 0.106. The average molecular weight is 345 g/mol. The van der Waals surface area contributed by atoms with Crippen LogP contribution in [-0.4, -0.2) is 35.4 Å². The SMILES string of the molecule is Cc1nc(CN2CCC(CNC(=O)c3ccccc3F)CC2)oc1C. The van der Waals surface area contributed by atoms with E-state index in [0.717, 1.165) is 49.8 Å². The molecule has 1 fully saturated rings. The molecule has 25 heavy (non-hydrogen) atoms. The fraction of sp³-hybridized carbons (Fsp3) is 0.474. The van der Waals surface area contributed by atoms with Gasteiger partial charge < -0.3 is 9.73 Å². The third-order valence-corrected chi connectivity index (χ3v) is 4.81. The number of amides is 1. The number of aromatic nitrogens is 1. The van der Waals surface area contributed by atoms with Gasteiger partial charge in [0.1, 0.15) is 11.6 Å². The first-order valence-electron chi connectivity index (χ1n) is 8.71. The summed E-state index contributed by atoms with van der Waals surface area (Å²) in [6.07, 6.45) is 1.99. The molecule has 6 heteroatoms. The zero-order chi connectivity index (χ0) is 17.8. The number of nitrogens with one attached hydrogen (secondary N) is 1. The zero-order valence-corrected chi connectivity index (χ0v) is 14.7. The van der Waals surface area contributed by atoms with E-state index in [1.54, 1.807) is 12.1 Å². The molecule has 0 unspecified atom stereocenters.